The molecule has 2 aromatic rings. The standard InChI is InChI=1S/C20H21N3O5S/c24-19-13-28-18-9-6-15(12-17(18)22-19)21-20(25)14-4-7-16(8-5-14)29(26,27)23-10-2-1-3-11-23/h4-9,12H,1-3,10-11,13H2,(H,21,25)(H,22,24). The molecule has 152 valence electrons. The van der Waals surface area contributed by atoms with Crippen molar-refractivity contribution in [3.8, 4) is 5.75 Å². The Bertz CT molecular complexity index is 1040. The highest BCUT2D eigenvalue weighted by molar-refractivity contribution is 7.89. The van der Waals surface area contributed by atoms with Crippen molar-refractivity contribution in [1.82, 2.24) is 4.31 Å². The number of nitrogens with one attached hydrogen (secondary N) is 2. The van der Waals surface area contributed by atoms with Crippen LogP contribution < -0.4 is 15.4 Å². The Balaban J connectivity index is 1.47. The summed E-state index contributed by atoms with van der Waals surface area (Å²) >= 11 is 0. The highest BCUT2D eigenvalue weighted by atomic mass is 32.2. The molecule has 8 nitrogen and oxygen atoms in total. The number of carbonyl (C=O) groups excluding carboxylic acids is 2. The highest BCUT2D eigenvalue weighted by Gasteiger charge is 2.26. The summed E-state index contributed by atoms with van der Waals surface area (Å²) in [5, 5.41) is 5.42. The summed E-state index contributed by atoms with van der Waals surface area (Å²) in [6, 6.07) is 10.9. The van der Waals surface area contributed by atoms with E-state index in [2.05, 4.69) is 10.6 Å². The van der Waals surface area contributed by atoms with E-state index in [1.165, 1.54) is 28.6 Å². The van der Waals surface area contributed by atoms with Gasteiger partial charge in [0.15, 0.2) is 6.61 Å². The van der Waals surface area contributed by atoms with Gasteiger partial charge >= 0.3 is 0 Å². The van der Waals surface area contributed by atoms with Crippen molar-refractivity contribution in [2.75, 3.05) is 30.3 Å². The lowest BCUT2D eigenvalue weighted by atomic mass is 10.2. The third kappa shape index (κ3) is 4.10. The Morgan fingerprint density at radius 1 is 1.03 bits per heavy atom. The number of piperidine rings is 1. The van der Waals surface area contributed by atoms with Gasteiger partial charge in [-0.25, -0.2) is 8.42 Å². The topological polar surface area (TPSA) is 105 Å². The number of amides is 2. The van der Waals surface area contributed by atoms with Crippen molar-refractivity contribution in [3.63, 3.8) is 0 Å². The first-order valence-electron chi connectivity index (χ1n) is 9.42. The third-order valence-corrected chi connectivity index (χ3v) is 6.85. The van der Waals surface area contributed by atoms with Crippen molar-refractivity contribution in [2.45, 2.75) is 24.2 Å². The molecular formula is C20H21N3O5S. The molecule has 29 heavy (non-hydrogen) atoms. The number of carbonyl (C=O) groups is 2. The van der Waals surface area contributed by atoms with Gasteiger partial charge in [0.05, 0.1) is 10.6 Å². The number of rotatable bonds is 4. The molecule has 9 heteroatoms. The van der Waals surface area contributed by atoms with E-state index in [4.69, 9.17) is 4.74 Å². The number of fused-ring (bicyclic) bond motifs is 1. The number of sulfonamides is 1. The molecule has 2 N–H and O–H groups in total. The monoisotopic (exact) mass is 415 g/mol. The average Bonchev–Trinajstić information content (AvgIpc) is 2.74. The number of hydrogen-bond acceptors (Lipinski definition) is 5. The fraction of sp³-hybridized carbons (Fsp3) is 0.300. The van der Waals surface area contributed by atoms with Crippen LogP contribution in [0, 0.1) is 0 Å². The SMILES string of the molecule is O=C1COc2ccc(NC(=O)c3ccc(S(=O)(=O)N4CCCCC4)cc3)cc2N1. The number of hydrogen-bond donors (Lipinski definition) is 2. The first-order valence-corrected chi connectivity index (χ1v) is 10.9. The maximum Gasteiger partial charge on any atom is 0.262 e. The van der Waals surface area contributed by atoms with Crippen LogP contribution in [0.1, 0.15) is 29.6 Å². The molecule has 1 saturated heterocycles. The quantitative estimate of drug-likeness (QED) is 0.798. The zero-order valence-electron chi connectivity index (χ0n) is 15.7. The number of benzene rings is 2. The van der Waals surface area contributed by atoms with Crippen molar-refractivity contribution in [2.24, 2.45) is 0 Å². The molecule has 0 aromatic heterocycles. The van der Waals surface area contributed by atoms with Crippen LogP contribution in [0.3, 0.4) is 0 Å². The fourth-order valence-electron chi connectivity index (χ4n) is 3.40. The van der Waals surface area contributed by atoms with Gasteiger partial charge < -0.3 is 15.4 Å². The predicted molar refractivity (Wildman–Crippen MR) is 108 cm³/mol. The fourth-order valence-corrected chi connectivity index (χ4v) is 4.91. The van der Waals surface area contributed by atoms with Gasteiger partial charge in [-0.15, -0.1) is 0 Å². The molecule has 2 heterocycles. The summed E-state index contributed by atoms with van der Waals surface area (Å²) in [5.41, 5.74) is 1.31. The van der Waals surface area contributed by atoms with Crippen molar-refractivity contribution in [1.29, 1.82) is 0 Å². The van der Waals surface area contributed by atoms with E-state index in [0.717, 1.165) is 19.3 Å². The molecule has 0 saturated carbocycles. The molecule has 0 bridgehead atoms. The zero-order chi connectivity index (χ0) is 20.4. The van der Waals surface area contributed by atoms with Crippen LogP contribution in [0.2, 0.25) is 0 Å². The van der Waals surface area contributed by atoms with Gasteiger partial charge in [-0.05, 0) is 55.3 Å². The minimum Gasteiger partial charge on any atom is -0.482 e. The summed E-state index contributed by atoms with van der Waals surface area (Å²) in [6.07, 6.45) is 2.78. The molecule has 2 amide bonds. The molecular weight excluding hydrogens is 394 g/mol. The molecule has 0 atom stereocenters. The first kappa shape index (κ1) is 19.4. The van der Waals surface area contributed by atoms with Crippen LogP contribution in [-0.4, -0.2) is 44.2 Å². The van der Waals surface area contributed by atoms with E-state index in [0.29, 0.717) is 35.8 Å². The van der Waals surface area contributed by atoms with Crippen LogP contribution in [0.15, 0.2) is 47.4 Å². The highest BCUT2D eigenvalue weighted by Crippen LogP contribution is 2.30. The van der Waals surface area contributed by atoms with Gasteiger partial charge in [0.25, 0.3) is 11.8 Å². The smallest absolute Gasteiger partial charge is 0.262 e. The second-order valence-electron chi connectivity index (χ2n) is 6.99. The Morgan fingerprint density at radius 2 is 1.76 bits per heavy atom. The minimum absolute atomic E-state index is 0.0363. The predicted octanol–water partition coefficient (Wildman–Crippen LogP) is 2.44. The van der Waals surface area contributed by atoms with Gasteiger partial charge in [0.1, 0.15) is 5.75 Å². The van der Waals surface area contributed by atoms with E-state index >= 15 is 0 Å². The van der Waals surface area contributed by atoms with E-state index in [1.807, 2.05) is 0 Å². The number of ether oxygens (including phenoxy) is 1. The summed E-state index contributed by atoms with van der Waals surface area (Å²) in [5.74, 6) is -0.101. The van der Waals surface area contributed by atoms with Crippen LogP contribution in [-0.2, 0) is 14.8 Å². The molecule has 0 radical (unpaired) electrons. The van der Waals surface area contributed by atoms with Gasteiger partial charge in [0, 0.05) is 24.3 Å². The second kappa shape index (κ2) is 7.84. The largest absolute Gasteiger partial charge is 0.482 e. The second-order valence-corrected chi connectivity index (χ2v) is 8.93. The molecule has 2 aliphatic rings. The minimum atomic E-state index is -3.53. The molecule has 0 spiro atoms. The van der Waals surface area contributed by atoms with Gasteiger partial charge in [0.2, 0.25) is 10.0 Å². The van der Waals surface area contributed by atoms with E-state index in [1.54, 1.807) is 18.2 Å². The van der Waals surface area contributed by atoms with Crippen molar-refractivity contribution >= 4 is 33.2 Å². The molecule has 1 fully saturated rings. The number of anilines is 2. The Labute approximate surface area is 168 Å². The van der Waals surface area contributed by atoms with Crippen molar-refractivity contribution < 1.29 is 22.7 Å². The summed E-state index contributed by atoms with van der Waals surface area (Å²) in [4.78, 5) is 24.1. The molecule has 4 rings (SSSR count). The van der Waals surface area contributed by atoms with Crippen LogP contribution >= 0.6 is 0 Å². The summed E-state index contributed by atoms with van der Waals surface area (Å²) < 4.78 is 32.2. The Kier molecular flexibility index (Phi) is 5.25. The lowest BCUT2D eigenvalue weighted by Crippen LogP contribution is -2.35. The molecule has 2 aromatic carbocycles. The molecule has 0 aliphatic carbocycles. The first-order chi connectivity index (χ1) is 13.9. The van der Waals surface area contributed by atoms with E-state index in [9.17, 15) is 18.0 Å². The number of nitrogens with zero attached hydrogens (tertiary/aromatic N) is 1. The van der Waals surface area contributed by atoms with E-state index in [-0.39, 0.29) is 23.3 Å². The summed E-state index contributed by atoms with van der Waals surface area (Å²) in [6.45, 7) is 1.03. The van der Waals surface area contributed by atoms with Gasteiger partial charge in [-0.3, -0.25) is 9.59 Å². The van der Waals surface area contributed by atoms with Crippen LogP contribution in [0.25, 0.3) is 0 Å². The molecule has 0 unspecified atom stereocenters. The summed E-state index contributed by atoms with van der Waals surface area (Å²) in [7, 11) is -3.53. The normalized spacial score (nSPS) is 17.0. The average molecular weight is 415 g/mol. The third-order valence-electron chi connectivity index (χ3n) is 4.94. The van der Waals surface area contributed by atoms with Crippen LogP contribution in [0.5, 0.6) is 5.75 Å². The van der Waals surface area contributed by atoms with E-state index < -0.39 is 10.0 Å². The Morgan fingerprint density at radius 3 is 2.48 bits per heavy atom. The van der Waals surface area contributed by atoms with Gasteiger partial charge in [-0.1, -0.05) is 6.42 Å². The molecule has 2 aliphatic heterocycles. The maximum atomic E-state index is 12.7. The van der Waals surface area contributed by atoms with Crippen molar-refractivity contribution in [3.05, 3.63) is 48.0 Å². The van der Waals surface area contributed by atoms with Gasteiger partial charge in [-0.2, -0.15) is 4.31 Å². The van der Waals surface area contributed by atoms with Crippen LogP contribution in [0.4, 0.5) is 11.4 Å². The zero-order valence-corrected chi connectivity index (χ0v) is 16.5. The maximum absolute atomic E-state index is 12.7. The lowest BCUT2D eigenvalue weighted by Gasteiger charge is -2.25. The Hall–Kier alpha value is -2.91. The lowest BCUT2D eigenvalue weighted by molar-refractivity contribution is -0.118.